The van der Waals surface area contributed by atoms with E-state index in [-0.39, 0.29) is 35.7 Å². The van der Waals surface area contributed by atoms with Crippen LogP contribution in [0.3, 0.4) is 0 Å². The third kappa shape index (κ3) is 7.85. The van der Waals surface area contributed by atoms with Crippen LogP contribution in [0.1, 0.15) is 107 Å². The van der Waals surface area contributed by atoms with E-state index in [0.717, 1.165) is 71.5 Å². The number of alkyl carbamates (subject to hydrolysis) is 1. The molecule has 6 atom stereocenters. The minimum absolute atomic E-state index is 0.110. The van der Waals surface area contributed by atoms with Gasteiger partial charge < -0.3 is 40.2 Å². The fourth-order valence-electron chi connectivity index (χ4n) is 10.4. The molecule has 330 valence electrons. The first kappa shape index (κ1) is 42.2. The van der Waals surface area contributed by atoms with Crippen LogP contribution < -0.4 is 10.6 Å². The number of fused-ring (bicyclic) bond motifs is 4. The zero-order chi connectivity index (χ0) is 44.1. The van der Waals surface area contributed by atoms with Gasteiger partial charge in [-0.1, -0.05) is 45.9 Å². The lowest BCUT2D eigenvalue weighted by Crippen LogP contribution is -2.51. The van der Waals surface area contributed by atoms with Gasteiger partial charge in [0.25, 0.3) is 0 Å². The van der Waals surface area contributed by atoms with E-state index in [0.29, 0.717) is 30.7 Å². The topological polar surface area (TPSA) is 199 Å². The van der Waals surface area contributed by atoms with Gasteiger partial charge in [-0.2, -0.15) is 0 Å². The molecule has 2 saturated heterocycles. The number of likely N-dealkylation sites (tertiary alicyclic amines) is 2. The number of nitrogens with zero attached hydrogens (tertiary/aromatic N) is 5. The second-order valence-corrected chi connectivity index (χ2v) is 18.4. The van der Waals surface area contributed by atoms with Crippen LogP contribution in [-0.2, 0) is 25.5 Å². The number of nitrogens with one attached hydrogen (secondary N) is 4. The fraction of sp³-hybridized carbons (Fsp3) is 0.479. The van der Waals surface area contributed by atoms with E-state index in [1.54, 1.807) is 11.1 Å². The number of methoxy groups -OCH3 is 1. The number of aromatic amines is 2. The van der Waals surface area contributed by atoms with Gasteiger partial charge in [0.05, 0.1) is 47.8 Å². The number of pyridine rings is 1. The minimum Gasteiger partial charge on any atom is -0.453 e. The van der Waals surface area contributed by atoms with Crippen molar-refractivity contribution in [1.82, 2.24) is 45.4 Å². The van der Waals surface area contributed by atoms with Gasteiger partial charge in [-0.25, -0.2) is 14.8 Å². The highest BCUT2D eigenvalue weighted by Gasteiger charge is 2.43. The molecule has 15 heteroatoms. The fourth-order valence-corrected chi connectivity index (χ4v) is 10.4. The predicted molar refractivity (Wildman–Crippen MR) is 237 cm³/mol. The second-order valence-electron chi connectivity index (χ2n) is 18.4. The lowest BCUT2D eigenvalue weighted by atomic mass is 9.73. The average Bonchev–Trinajstić information content (AvgIpc) is 4.13. The summed E-state index contributed by atoms with van der Waals surface area (Å²) in [6, 6.07) is 13.1. The molecule has 4 aliphatic rings. The molecule has 5 N–H and O–H groups in total. The summed E-state index contributed by atoms with van der Waals surface area (Å²) in [4.78, 5) is 76.9. The van der Waals surface area contributed by atoms with E-state index in [1.807, 2.05) is 38.8 Å². The molecule has 2 aliphatic heterocycles. The Hall–Kier alpha value is -6.09. The Morgan fingerprint density at radius 3 is 2.11 bits per heavy atom. The Kier molecular flexibility index (Phi) is 11.5. The first-order valence-electron chi connectivity index (χ1n) is 22.5. The Morgan fingerprint density at radius 2 is 1.48 bits per heavy atom. The number of amides is 4. The van der Waals surface area contributed by atoms with Crippen LogP contribution in [-0.4, -0.2) is 103 Å². The maximum absolute atomic E-state index is 13.8. The summed E-state index contributed by atoms with van der Waals surface area (Å²) < 4.78 is 4.81. The molecule has 1 saturated carbocycles. The summed E-state index contributed by atoms with van der Waals surface area (Å²) in [5, 5.41) is 14.7. The third-order valence-corrected chi connectivity index (χ3v) is 13.9. The van der Waals surface area contributed by atoms with Crippen LogP contribution in [0.15, 0.2) is 54.9 Å². The van der Waals surface area contributed by atoms with Crippen molar-refractivity contribution in [3.05, 3.63) is 77.6 Å². The van der Waals surface area contributed by atoms with Gasteiger partial charge in [0.2, 0.25) is 17.7 Å². The maximum atomic E-state index is 13.8. The van der Waals surface area contributed by atoms with Crippen LogP contribution in [0.4, 0.5) is 4.79 Å². The largest absolute Gasteiger partial charge is 0.453 e. The molecule has 4 amide bonds. The molecule has 15 nitrogen and oxygen atoms in total. The number of ether oxygens (including phenoxy) is 1. The van der Waals surface area contributed by atoms with Gasteiger partial charge in [0, 0.05) is 30.4 Å². The number of hydrogen-bond acceptors (Lipinski definition) is 9. The van der Waals surface area contributed by atoms with Crippen molar-refractivity contribution in [1.29, 1.82) is 0 Å². The van der Waals surface area contributed by atoms with Gasteiger partial charge in [0.15, 0.2) is 0 Å². The number of carbonyl (C=O) groups excluding carboxylic acids is 4. The number of aliphatic hydroxyl groups excluding tert-OH is 1. The monoisotopic (exact) mass is 855 g/mol. The average molecular weight is 856 g/mol. The van der Waals surface area contributed by atoms with Crippen molar-refractivity contribution in [3.8, 4) is 33.6 Å². The van der Waals surface area contributed by atoms with E-state index in [9.17, 15) is 24.3 Å². The molecule has 9 rings (SSSR count). The lowest BCUT2D eigenvalue weighted by molar-refractivity contribution is -0.139. The number of rotatable bonds is 12. The van der Waals surface area contributed by atoms with Crippen LogP contribution in [0.25, 0.3) is 44.7 Å². The molecule has 2 aromatic carbocycles. The normalized spacial score (nSPS) is 21.3. The summed E-state index contributed by atoms with van der Waals surface area (Å²) in [5.41, 5.74) is 10.7. The second kappa shape index (κ2) is 17.2. The molecule has 5 heterocycles. The standard InChI is InChI=1S/C48H57N9O6/c1-25(2)42(54-40(59)24-58)46(60)56-18-6-8-38(56)44-50-23-37(53-44)29-12-16-34(49-22-29)32-15-14-30(33-20-27-10-13-31(27)41(32)33)28-11-17-35-36(21-28)52-45(51-35)39-9-7-19-57(39)47(61)43(26(3)4)55-48(62)63-5/h11-12,14-17,21-23,25-27,31,38-39,42-43,58H,6-10,13,18-20,24H2,1-5H3,(H,50,53)(H,51,52)(H,54,59)(H,55,62)/t27?,31?,38-,39-,42-,43-/m0/s1. The number of benzene rings is 2. The van der Waals surface area contributed by atoms with Crippen LogP contribution in [0.5, 0.6) is 0 Å². The summed E-state index contributed by atoms with van der Waals surface area (Å²) in [5.74, 6) is 1.47. The zero-order valence-electron chi connectivity index (χ0n) is 36.6. The summed E-state index contributed by atoms with van der Waals surface area (Å²) in [6.07, 6.45) is 9.71. The number of aromatic nitrogens is 5. The highest BCUT2D eigenvalue weighted by Crippen LogP contribution is 2.56. The molecule has 3 aromatic heterocycles. The molecular formula is C48H57N9O6. The maximum Gasteiger partial charge on any atom is 0.407 e. The Morgan fingerprint density at radius 1 is 0.794 bits per heavy atom. The highest BCUT2D eigenvalue weighted by molar-refractivity contribution is 5.89. The van der Waals surface area contributed by atoms with E-state index < -0.39 is 30.7 Å². The highest BCUT2D eigenvalue weighted by atomic mass is 16.5. The van der Waals surface area contributed by atoms with Crippen LogP contribution in [0.2, 0.25) is 0 Å². The van der Waals surface area contributed by atoms with Crippen LogP contribution in [0, 0.1) is 17.8 Å². The predicted octanol–water partition coefficient (Wildman–Crippen LogP) is 6.57. The van der Waals surface area contributed by atoms with Gasteiger partial charge in [-0.15, -0.1) is 0 Å². The number of H-pyrrole nitrogens is 2. The van der Waals surface area contributed by atoms with E-state index in [2.05, 4.69) is 63.1 Å². The van der Waals surface area contributed by atoms with Gasteiger partial charge in [-0.3, -0.25) is 19.4 Å². The van der Waals surface area contributed by atoms with Gasteiger partial charge in [0.1, 0.15) is 30.3 Å². The summed E-state index contributed by atoms with van der Waals surface area (Å²) in [7, 11) is 1.30. The SMILES string of the molecule is COC(=O)N[C@H](C(=O)N1CCC[C@H]1c1nc2ccc(-c3ccc(-c4ccc(-c5cnc([C@@H]6CCCN6C(=O)[C@@H](NC(=O)CO)C(C)C)[nH]5)cn4)c4c3CC3CCC43)cc2[nH]1)C(C)C. The molecule has 2 unspecified atom stereocenters. The molecule has 63 heavy (non-hydrogen) atoms. The number of aliphatic hydroxyl groups is 1. The van der Waals surface area contributed by atoms with E-state index in [1.165, 1.54) is 42.2 Å². The first-order valence-corrected chi connectivity index (χ1v) is 22.5. The number of hydrogen-bond donors (Lipinski definition) is 5. The van der Waals surface area contributed by atoms with Crippen LogP contribution >= 0.6 is 0 Å². The number of carbonyl (C=O) groups is 4. The zero-order valence-corrected chi connectivity index (χ0v) is 36.6. The van der Waals surface area contributed by atoms with E-state index >= 15 is 0 Å². The molecule has 0 spiro atoms. The molecule has 5 aromatic rings. The smallest absolute Gasteiger partial charge is 0.407 e. The number of imidazole rings is 2. The Labute approximate surface area is 366 Å². The van der Waals surface area contributed by atoms with Crippen molar-refractivity contribution in [2.24, 2.45) is 17.8 Å². The summed E-state index contributed by atoms with van der Waals surface area (Å²) in [6.45, 7) is 8.10. The molecule has 2 aliphatic carbocycles. The Balaban J connectivity index is 0.946. The van der Waals surface area contributed by atoms with Crippen molar-refractivity contribution in [2.45, 2.75) is 103 Å². The third-order valence-electron chi connectivity index (χ3n) is 13.9. The first-order chi connectivity index (χ1) is 30.4. The lowest BCUT2D eigenvalue weighted by Gasteiger charge is -2.31. The van der Waals surface area contributed by atoms with Gasteiger partial charge in [-0.05, 0) is 115 Å². The van der Waals surface area contributed by atoms with Gasteiger partial charge >= 0.3 is 6.09 Å². The Bertz CT molecular complexity index is 2550. The van der Waals surface area contributed by atoms with E-state index in [4.69, 9.17) is 19.7 Å². The molecule has 0 bridgehead atoms. The van der Waals surface area contributed by atoms with Crippen molar-refractivity contribution < 1.29 is 29.0 Å². The van der Waals surface area contributed by atoms with Crippen molar-refractivity contribution in [3.63, 3.8) is 0 Å². The summed E-state index contributed by atoms with van der Waals surface area (Å²) >= 11 is 0. The molecular weight excluding hydrogens is 799 g/mol. The van der Waals surface area contributed by atoms with Crippen molar-refractivity contribution >= 4 is 34.8 Å². The molecule has 0 radical (unpaired) electrons. The quantitative estimate of drug-likeness (QED) is 0.0921. The van der Waals surface area contributed by atoms with Crippen molar-refractivity contribution in [2.75, 3.05) is 26.8 Å². The minimum atomic E-state index is -0.730. The molecule has 3 fully saturated rings.